The minimum atomic E-state index is -0.169. The van der Waals surface area contributed by atoms with Crippen molar-refractivity contribution in [2.75, 3.05) is 13.6 Å². The first-order valence-corrected chi connectivity index (χ1v) is 11.4. The maximum atomic E-state index is 13.4. The summed E-state index contributed by atoms with van der Waals surface area (Å²) in [7, 11) is 3.64. The molecule has 4 aromatic rings. The number of carbonyl (C=O) groups is 2. The molecule has 3 aromatic heterocycles. The Balaban J connectivity index is 1.51. The first kappa shape index (κ1) is 23.2. The second kappa shape index (κ2) is 9.91. The van der Waals surface area contributed by atoms with Crippen LogP contribution >= 0.6 is 0 Å². The summed E-state index contributed by atoms with van der Waals surface area (Å²) in [5.41, 5.74) is 4.55. The zero-order valence-electron chi connectivity index (χ0n) is 20.0. The maximum Gasteiger partial charge on any atom is 0.274 e. The van der Waals surface area contributed by atoms with Crippen LogP contribution in [0.5, 0.6) is 0 Å². The zero-order chi connectivity index (χ0) is 24.2. The predicted molar refractivity (Wildman–Crippen MR) is 131 cm³/mol. The third-order valence-electron chi connectivity index (χ3n) is 6.07. The lowest BCUT2D eigenvalue weighted by Gasteiger charge is -2.28. The highest BCUT2D eigenvalue weighted by Crippen LogP contribution is 2.16. The number of benzene rings is 1. The third-order valence-corrected chi connectivity index (χ3v) is 6.07. The largest absolute Gasteiger partial charge is 0.351 e. The van der Waals surface area contributed by atoms with E-state index in [2.05, 4.69) is 27.5 Å². The number of likely N-dealkylation sites (N-methyl/N-ethyl adjacent to an activating group) is 1. The average molecular weight is 459 g/mol. The Morgan fingerprint density at radius 1 is 1.09 bits per heavy atom. The summed E-state index contributed by atoms with van der Waals surface area (Å²) < 4.78 is 3.48. The summed E-state index contributed by atoms with van der Waals surface area (Å²) in [4.78, 5) is 32.1. The van der Waals surface area contributed by atoms with Crippen molar-refractivity contribution in [1.82, 2.24) is 29.4 Å². The van der Waals surface area contributed by atoms with Crippen LogP contribution in [0.1, 0.15) is 44.3 Å². The molecule has 4 rings (SSSR count). The first-order chi connectivity index (χ1) is 16.3. The van der Waals surface area contributed by atoms with Crippen molar-refractivity contribution in [1.29, 1.82) is 0 Å². The number of nitrogens with zero attached hydrogens (tertiary/aromatic N) is 5. The summed E-state index contributed by atoms with van der Waals surface area (Å²) in [5.74, 6) is -0.297. The molecule has 2 amide bonds. The molecule has 0 saturated carbocycles. The number of amides is 2. The molecule has 1 N–H and O–H groups in total. The van der Waals surface area contributed by atoms with E-state index in [9.17, 15) is 9.59 Å². The number of fused-ring (bicyclic) bond motifs is 1. The first-order valence-electron chi connectivity index (χ1n) is 11.4. The van der Waals surface area contributed by atoms with Crippen LogP contribution in [0.3, 0.4) is 0 Å². The van der Waals surface area contributed by atoms with Gasteiger partial charge in [0, 0.05) is 50.3 Å². The minimum absolute atomic E-state index is 0.121. The molecule has 0 saturated heterocycles. The van der Waals surface area contributed by atoms with Crippen molar-refractivity contribution < 1.29 is 9.59 Å². The van der Waals surface area contributed by atoms with Crippen LogP contribution in [0.4, 0.5) is 0 Å². The summed E-state index contributed by atoms with van der Waals surface area (Å²) in [6, 6.07) is 17.2. The van der Waals surface area contributed by atoms with E-state index in [-0.39, 0.29) is 17.9 Å². The van der Waals surface area contributed by atoms with E-state index in [0.717, 1.165) is 17.0 Å². The molecule has 34 heavy (non-hydrogen) atoms. The average Bonchev–Trinajstić information content (AvgIpc) is 3.44. The molecule has 8 heteroatoms. The minimum Gasteiger partial charge on any atom is -0.351 e. The summed E-state index contributed by atoms with van der Waals surface area (Å²) in [5, 5.41) is 7.49. The van der Waals surface area contributed by atoms with Gasteiger partial charge in [0.15, 0.2) is 11.3 Å². The van der Waals surface area contributed by atoms with E-state index in [1.54, 1.807) is 33.2 Å². The highest BCUT2D eigenvalue weighted by molar-refractivity contribution is 5.93. The number of nitrogens with one attached hydrogen (secondary N) is 1. The summed E-state index contributed by atoms with van der Waals surface area (Å²) in [6.45, 7) is 4.32. The van der Waals surface area contributed by atoms with E-state index >= 15 is 0 Å². The lowest BCUT2D eigenvalue weighted by molar-refractivity contribution is 0.0716. The lowest BCUT2D eigenvalue weighted by Crippen LogP contribution is -2.41. The van der Waals surface area contributed by atoms with Gasteiger partial charge in [0.2, 0.25) is 0 Å². The molecule has 0 aliphatic heterocycles. The number of aromatic nitrogens is 4. The quantitative estimate of drug-likeness (QED) is 0.440. The van der Waals surface area contributed by atoms with E-state index in [0.29, 0.717) is 36.4 Å². The van der Waals surface area contributed by atoms with Gasteiger partial charge < -0.3 is 14.8 Å². The van der Waals surface area contributed by atoms with Gasteiger partial charge in [-0.15, -0.1) is 0 Å². The van der Waals surface area contributed by atoms with E-state index in [4.69, 9.17) is 0 Å². The molecule has 0 spiro atoms. The Morgan fingerprint density at radius 3 is 2.56 bits per heavy atom. The zero-order valence-corrected chi connectivity index (χ0v) is 20.0. The molecule has 3 heterocycles. The van der Waals surface area contributed by atoms with Crippen LogP contribution in [0.25, 0.3) is 5.65 Å². The van der Waals surface area contributed by atoms with Gasteiger partial charge >= 0.3 is 0 Å². The van der Waals surface area contributed by atoms with Gasteiger partial charge in [-0.1, -0.05) is 30.3 Å². The number of aryl methyl sites for hydroxylation is 3. The summed E-state index contributed by atoms with van der Waals surface area (Å²) in [6.07, 6.45) is 3.12. The van der Waals surface area contributed by atoms with Gasteiger partial charge in [0.05, 0.1) is 0 Å². The fraction of sp³-hybridized carbons (Fsp3) is 0.308. The monoisotopic (exact) mass is 458 g/mol. The molecule has 0 fully saturated rings. The molecule has 8 nitrogen and oxygen atoms in total. The van der Waals surface area contributed by atoms with E-state index < -0.39 is 0 Å². The normalized spacial score (nSPS) is 12.0. The van der Waals surface area contributed by atoms with Crippen LogP contribution in [-0.4, -0.2) is 55.5 Å². The van der Waals surface area contributed by atoms with Crippen LogP contribution in [-0.2, 0) is 13.5 Å². The standard InChI is InChI=1S/C26H30N6O2/c1-18-15-19(2)32-24(28-18)17-22(29-32)26(34)31(4)21(16-20-9-6-5-7-10-20)12-13-27-25(33)23-11-8-14-30(23)3/h5-11,14-15,17,21H,12-13,16H2,1-4H3,(H,27,33). The Morgan fingerprint density at radius 2 is 1.85 bits per heavy atom. The molecular weight excluding hydrogens is 428 g/mol. The topological polar surface area (TPSA) is 84.5 Å². The fourth-order valence-corrected chi connectivity index (χ4v) is 4.20. The molecule has 0 radical (unpaired) electrons. The fourth-order valence-electron chi connectivity index (χ4n) is 4.20. The number of rotatable bonds is 8. The molecule has 176 valence electrons. The molecule has 1 aromatic carbocycles. The second-order valence-corrected chi connectivity index (χ2v) is 8.65. The third kappa shape index (κ3) is 5.01. The molecule has 0 bridgehead atoms. The second-order valence-electron chi connectivity index (χ2n) is 8.65. The maximum absolute atomic E-state index is 13.4. The van der Waals surface area contributed by atoms with Crippen LogP contribution in [0.2, 0.25) is 0 Å². The van der Waals surface area contributed by atoms with Crippen molar-refractivity contribution in [2.24, 2.45) is 7.05 Å². The molecule has 1 atom stereocenters. The van der Waals surface area contributed by atoms with Gasteiger partial charge in [-0.3, -0.25) is 9.59 Å². The number of carbonyl (C=O) groups excluding carboxylic acids is 2. The van der Waals surface area contributed by atoms with Crippen molar-refractivity contribution in [3.63, 3.8) is 0 Å². The van der Waals surface area contributed by atoms with Crippen LogP contribution < -0.4 is 5.32 Å². The van der Waals surface area contributed by atoms with Crippen LogP contribution in [0, 0.1) is 13.8 Å². The Bertz CT molecular complexity index is 1310. The highest BCUT2D eigenvalue weighted by Gasteiger charge is 2.24. The Labute approximate surface area is 199 Å². The van der Waals surface area contributed by atoms with Crippen LogP contribution in [0.15, 0.2) is 60.8 Å². The van der Waals surface area contributed by atoms with Crippen molar-refractivity contribution in [2.45, 2.75) is 32.7 Å². The molecule has 1 unspecified atom stereocenters. The van der Waals surface area contributed by atoms with Crippen molar-refractivity contribution in [3.8, 4) is 0 Å². The number of hydrogen-bond acceptors (Lipinski definition) is 4. The van der Waals surface area contributed by atoms with Gasteiger partial charge in [-0.25, -0.2) is 9.50 Å². The number of hydrogen-bond donors (Lipinski definition) is 1. The predicted octanol–water partition coefficient (Wildman–Crippen LogP) is 3.19. The van der Waals surface area contributed by atoms with E-state index in [1.165, 1.54) is 0 Å². The SMILES string of the molecule is Cc1cc(C)n2nc(C(=O)N(C)C(CCNC(=O)c3cccn3C)Cc3ccccc3)cc2n1. The summed E-state index contributed by atoms with van der Waals surface area (Å²) >= 11 is 0. The lowest BCUT2D eigenvalue weighted by atomic mass is 10.0. The van der Waals surface area contributed by atoms with Crippen molar-refractivity contribution >= 4 is 17.5 Å². The van der Waals surface area contributed by atoms with Gasteiger partial charge in [0.1, 0.15) is 5.69 Å². The van der Waals surface area contributed by atoms with Gasteiger partial charge in [-0.2, -0.15) is 5.10 Å². The Kier molecular flexibility index (Phi) is 6.77. The smallest absolute Gasteiger partial charge is 0.274 e. The van der Waals surface area contributed by atoms with E-state index in [1.807, 2.05) is 57.4 Å². The van der Waals surface area contributed by atoms with Gasteiger partial charge in [0.25, 0.3) is 11.8 Å². The highest BCUT2D eigenvalue weighted by atomic mass is 16.2. The Hall–Kier alpha value is -3.94. The molecule has 0 aliphatic rings. The molecule has 0 aliphatic carbocycles. The molecular formula is C26H30N6O2. The van der Waals surface area contributed by atoms with Crippen molar-refractivity contribution in [3.05, 3.63) is 89.1 Å². The van der Waals surface area contributed by atoms with Gasteiger partial charge in [-0.05, 0) is 50.5 Å².